The van der Waals surface area contributed by atoms with Crippen molar-refractivity contribution in [1.29, 1.82) is 0 Å². The third kappa shape index (κ3) is 2.34. The lowest BCUT2D eigenvalue weighted by atomic mass is 10.3. The predicted octanol–water partition coefficient (Wildman–Crippen LogP) is -2.42. The van der Waals surface area contributed by atoms with Gasteiger partial charge in [0.2, 0.25) is 6.23 Å². The van der Waals surface area contributed by atoms with Crippen LogP contribution >= 0.6 is 0 Å². The molecule has 1 heterocycles. The van der Waals surface area contributed by atoms with E-state index in [9.17, 15) is 0 Å². The minimum Gasteiger partial charge on any atom is -1.00 e. The molecule has 80 valence electrons. The van der Waals surface area contributed by atoms with Gasteiger partial charge >= 0.3 is 0 Å². The predicted molar refractivity (Wildman–Crippen MR) is 47.6 cm³/mol. The highest BCUT2D eigenvalue weighted by molar-refractivity contribution is 4.76. The van der Waals surface area contributed by atoms with Gasteiger partial charge in [-0.25, -0.2) is 0 Å². The molecule has 1 saturated heterocycles. The Bertz CT molecular complexity index is 142. The number of aliphatic hydroxyl groups excluding tert-OH is 1. The number of likely N-dealkylation sites (N-methyl/N-ethyl adjacent to an activating group) is 1. The Hall–Kier alpha value is 0.170. The van der Waals surface area contributed by atoms with E-state index in [0.717, 1.165) is 24.1 Å². The average molecular weight is 210 g/mol. The van der Waals surface area contributed by atoms with E-state index in [1.165, 1.54) is 0 Å². The van der Waals surface area contributed by atoms with Crippen LogP contribution in [0.25, 0.3) is 0 Å². The molecule has 0 aromatic rings. The summed E-state index contributed by atoms with van der Waals surface area (Å²) in [5.41, 5.74) is 0. The van der Waals surface area contributed by atoms with Gasteiger partial charge in [-0.2, -0.15) is 0 Å². The number of quaternary nitrogens is 1. The van der Waals surface area contributed by atoms with Crippen LogP contribution in [0.2, 0.25) is 0 Å². The van der Waals surface area contributed by atoms with Crippen molar-refractivity contribution < 1.29 is 26.7 Å². The number of hydrogen-bond acceptors (Lipinski definition) is 2. The summed E-state index contributed by atoms with van der Waals surface area (Å²) in [4.78, 5) is 0. The van der Waals surface area contributed by atoms with E-state index in [1.54, 1.807) is 0 Å². The van der Waals surface area contributed by atoms with Crippen LogP contribution in [0.3, 0.4) is 0 Å². The first-order chi connectivity index (χ1) is 5.74. The zero-order chi connectivity index (χ0) is 9.19. The van der Waals surface area contributed by atoms with Crippen molar-refractivity contribution in [3.8, 4) is 0 Å². The van der Waals surface area contributed by atoms with Crippen molar-refractivity contribution in [3.63, 3.8) is 0 Å². The lowest BCUT2D eigenvalue weighted by Gasteiger charge is -2.34. The van der Waals surface area contributed by atoms with Gasteiger partial charge in [0.25, 0.3) is 0 Å². The van der Waals surface area contributed by atoms with Crippen LogP contribution in [0, 0.1) is 0 Å². The molecule has 3 nitrogen and oxygen atoms in total. The first-order valence-corrected chi connectivity index (χ1v) is 4.86. The summed E-state index contributed by atoms with van der Waals surface area (Å²) < 4.78 is 6.42. The molecule has 2 atom stereocenters. The van der Waals surface area contributed by atoms with E-state index >= 15 is 0 Å². The molecule has 0 aromatic carbocycles. The molecule has 1 fully saturated rings. The minimum absolute atomic E-state index is 0. The third-order valence-corrected chi connectivity index (χ3v) is 3.16. The average Bonchev–Trinajstić information content (AvgIpc) is 2.89. The molecule has 0 aliphatic carbocycles. The third-order valence-electron chi connectivity index (χ3n) is 3.16. The summed E-state index contributed by atoms with van der Waals surface area (Å²) in [5, 5.41) is 8.89. The summed E-state index contributed by atoms with van der Waals surface area (Å²) in [6.07, 6.45) is 0.361. The molecule has 0 aromatic heterocycles. The highest BCUT2D eigenvalue weighted by Gasteiger charge is 2.52. The van der Waals surface area contributed by atoms with Crippen molar-refractivity contribution in [2.45, 2.75) is 33.1 Å². The monoisotopic (exact) mass is 209 g/mol. The van der Waals surface area contributed by atoms with Crippen LogP contribution in [0.15, 0.2) is 0 Å². The number of halogens is 1. The molecule has 1 aliphatic rings. The van der Waals surface area contributed by atoms with Crippen molar-refractivity contribution >= 4 is 0 Å². The zero-order valence-electron chi connectivity index (χ0n) is 8.66. The fourth-order valence-electron chi connectivity index (χ4n) is 1.96. The SMILES string of the molecule is CC[N+](CC)(CC)C1OC1CO.[Cl-]. The Labute approximate surface area is 86.7 Å². The molecular formula is C9H20ClNO2. The van der Waals surface area contributed by atoms with Gasteiger partial charge in [0.1, 0.15) is 0 Å². The molecule has 1 aliphatic heterocycles. The van der Waals surface area contributed by atoms with Crippen molar-refractivity contribution in [2.24, 2.45) is 0 Å². The van der Waals surface area contributed by atoms with Crippen LogP contribution in [-0.4, -0.2) is 48.2 Å². The van der Waals surface area contributed by atoms with Crippen LogP contribution in [0.4, 0.5) is 0 Å². The molecule has 4 heteroatoms. The van der Waals surface area contributed by atoms with E-state index in [1.807, 2.05) is 0 Å². The second-order valence-electron chi connectivity index (χ2n) is 3.41. The summed E-state index contributed by atoms with van der Waals surface area (Å²) in [6.45, 7) is 10.00. The number of hydrogen-bond donors (Lipinski definition) is 1. The number of ether oxygens (including phenoxy) is 1. The topological polar surface area (TPSA) is 32.8 Å². The van der Waals surface area contributed by atoms with Gasteiger partial charge in [-0.05, 0) is 20.8 Å². The Morgan fingerprint density at radius 3 is 1.85 bits per heavy atom. The van der Waals surface area contributed by atoms with Crippen LogP contribution < -0.4 is 12.4 Å². The van der Waals surface area contributed by atoms with Gasteiger partial charge in [0, 0.05) is 0 Å². The summed E-state index contributed by atoms with van der Waals surface area (Å²) >= 11 is 0. The molecule has 0 amide bonds. The fraction of sp³-hybridized carbons (Fsp3) is 1.00. The van der Waals surface area contributed by atoms with Crippen LogP contribution in [0.1, 0.15) is 20.8 Å². The molecule has 13 heavy (non-hydrogen) atoms. The summed E-state index contributed by atoms with van der Waals surface area (Å²) in [6, 6.07) is 0. The Morgan fingerprint density at radius 2 is 1.62 bits per heavy atom. The van der Waals surface area contributed by atoms with Gasteiger partial charge in [0.15, 0.2) is 6.10 Å². The van der Waals surface area contributed by atoms with Gasteiger partial charge in [-0.1, -0.05) is 0 Å². The molecule has 0 saturated carbocycles. The minimum atomic E-state index is 0. The van der Waals surface area contributed by atoms with Crippen molar-refractivity contribution in [1.82, 2.24) is 0 Å². The molecule has 1 N–H and O–H groups in total. The van der Waals surface area contributed by atoms with Crippen LogP contribution in [-0.2, 0) is 4.74 Å². The normalized spacial score (nSPS) is 26.8. The largest absolute Gasteiger partial charge is 1.00 e. The molecule has 0 radical (unpaired) electrons. The standard InChI is InChI=1S/C9H20NO2.ClH/c1-4-10(5-2,6-3)9-8(7-11)12-9;/h8-9,11H,4-7H2,1-3H3;1H/q+1;/p-1. The maximum Gasteiger partial charge on any atom is 0.223 e. The molecule has 0 bridgehead atoms. The molecule has 0 spiro atoms. The van der Waals surface area contributed by atoms with Gasteiger partial charge in [0.05, 0.1) is 26.2 Å². The lowest BCUT2D eigenvalue weighted by Crippen LogP contribution is -3.00. The van der Waals surface area contributed by atoms with Gasteiger partial charge < -0.3 is 22.3 Å². The van der Waals surface area contributed by atoms with Crippen molar-refractivity contribution in [2.75, 3.05) is 26.2 Å². The first-order valence-electron chi connectivity index (χ1n) is 4.86. The summed E-state index contributed by atoms with van der Waals surface area (Å²) in [5.74, 6) is 0. The Balaban J connectivity index is 0.00000144. The number of aliphatic hydroxyl groups is 1. The van der Waals surface area contributed by atoms with E-state index in [0.29, 0.717) is 0 Å². The second kappa shape index (κ2) is 5.15. The quantitative estimate of drug-likeness (QED) is 0.404. The number of epoxide rings is 1. The smallest absolute Gasteiger partial charge is 0.223 e. The maximum absolute atomic E-state index is 8.89. The highest BCUT2D eigenvalue weighted by atomic mass is 35.5. The van der Waals surface area contributed by atoms with E-state index in [4.69, 9.17) is 9.84 Å². The van der Waals surface area contributed by atoms with Crippen LogP contribution in [0.5, 0.6) is 0 Å². The lowest BCUT2D eigenvalue weighted by molar-refractivity contribution is -0.943. The Kier molecular flexibility index (Phi) is 5.22. The van der Waals surface area contributed by atoms with Gasteiger partial charge in [-0.3, -0.25) is 4.48 Å². The molecular weight excluding hydrogens is 190 g/mol. The zero-order valence-corrected chi connectivity index (χ0v) is 9.42. The van der Waals surface area contributed by atoms with Gasteiger partial charge in [-0.15, -0.1) is 0 Å². The fourth-order valence-corrected chi connectivity index (χ4v) is 1.96. The van der Waals surface area contributed by atoms with E-state index < -0.39 is 0 Å². The highest BCUT2D eigenvalue weighted by Crippen LogP contribution is 2.31. The van der Waals surface area contributed by atoms with E-state index in [2.05, 4.69) is 20.8 Å². The molecule has 2 unspecified atom stereocenters. The second-order valence-corrected chi connectivity index (χ2v) is 3.41. The first kappa shape index (κ1) is 13.2. The maximum atomic E-state index is 8.89. The van der Waals surface area contributed by atoms with E-state index in [-0.39, 0.29) is 31.3 Å². The summed E-state index contributed by atoms with van der Waals surface area (Å²) in [7, 11) is 0. The molecule has 1 rings (SSSR count). The van der Waals surface area contributed by atoms with Crippen molar-refractivity contribution in [3.05, 3.63) is 0 Å². The number of nitrogens with zero attached hydrogens (tertiary/aromatic N) is 1. The number of rotatable bonds is 5. The Morgan fingerprint density at radius 1 is 1.15 bits per heavy atom.